The summed E-state index contributed by atoms with van der Waals surface area (Å²) < 4.78 is 1.98. The Hall–Kier alpha value is -2.22. The van der Waals surface area contributed by atoms with E-state index in [1.54, 1.807) is 0 Å². The van der Waals surface area contributed by atoms with Crippen LogP contribution in [0.25, 0.3) is 0 Å². The molecule has 33 heavy (non-hydrogen) atoms. The van der Waals surface area contributed by atoms with Gasteiger partial charge in [0, 0.05) is 34.0 Å². The average Bonchev–Trinajstić information content (AvgIpc) is 3.46. The van der Waals surface area contributed by atoms with Gasteiger partial charge in [0.15, 0.2) is 5.13 Å². The second kappa shape index (κ2) is 8.85. The maximum Gasteiger partial charge on any atom is 0.243 e. The lowest BCUT2D eigenvalue weighted by Crippen LogP contribution is -2.36. The largest absolute Gasteiger partial charge is 0.301 e. The molecular formula is C25H32ClN5OS. The summed E-state index contributed by atoms with van der Waals surface area (Å²) in [4.78, 5) is 17.8. The Morgan fingerprint density at radius 3 is 2.42 bits per heavy atom. The van der Waals surface area contributed by atoms with E-state index in [0.29, 0.717) is 16.6 Å². The van der Waals surface area contributed by atoms with E-state index in [0.717, 1.165) is 17.0 Å². The number of carbonyl (C=O) groups is 1. The molecule has 1 saturated heterocycles. The Bertz CT molecular complexity index is 1120. The number of nitrogens with one attached hydrogen (secondary N) is 2. The van der Waals surface area contributed by atoms with Crippen LogP contribution in [-0.4, -0.2) is 26.7 Å². The van der Waals surface area contributed by atoms with Crippen LogP contribution in [0.5, 0.6) is 0 Å². The van der Waals surface area contributed by atoms with Crippen molar-refractivity contribution in [2.75, 3.05) is 5.32 Å². The van der Waals surface area contributed by atoms with Gasteiger partial charge in [-0.2, -0.15) is 5.10 Å². The number of hydrogen-bond donors (Lipinski definition) is 2. The first-order valence-electron chi connectivity index (χ1n) is 11.3. The molecule has 1 aromatic carbocycles. The number of carbonyl (C=O) groups excluding carboxylic acids is 1. The lowest BCUT2D eigenvalue weighted by Gasteiger charge is -2.21. The van der Waals surface area contributed by atoms with Gasteiger partial charge in [-0.1, -0.05) is 44.5 Å². The number of rotatable bonds is 4. The van der Waals surface area contributed by atoms with Crippen LogP contribution < -0.4 is 10.6 Å². The summed E-state index contributed by atoms with van der Waals surface area (Å²) in [6, 6.07) is 9.49. The van der Waals surface area contributed by atoms with Gasteiger partial charge in [-0.05, 0) is 51.0 Å². The Kier molecular flexibility index (Phi) is 6.42. The summed E-state index contributed by atoms with van der Waals surface area (Å²) in [5, 5.41) is 14.8. The van der Waals surface area contributed by atoms with E-state index in [1.807, 2.05) is 40.5 Å². The third-order valence-corrected chi connectivity index (χ3v) is 7.01. The first-order chi connectivity index (χ1) is 15.4. The van der Waals surface area contributed by atoms with Gasteiger partial charge in [0.1, 0.15) is 0 Å². The van der Waals surface area contributed by atoms with Gasteiger partial charge >= 0.3 is 0 Å². The standard InChI is InChI=1S/C25H32ClN5OS/c1-24(2,3)20-14-33-23(28-20)29-22(32)19-13-17(18-11-12-31(30-18)25(4,5)6)21(27-19)15-7-9-16(26)10-8-15/h7-12,14,17,19,21,27H,13H2,1-6H3,(H,28,29,32)/t17-,19-,21-/m0/s1. The molecule has 3 aromatic rings. The molecule has 3 heterocycles. The highest BCUT2D eigenvalue weighted by Gasteiger charge is 2.40. The van der Waals surface area contributed by atoms with Crippen LogP contribution in [0.3, 0.4) is 0 Å². The second-order valence-corrected chi connectivity index (χ2v) is 12.0. The first-order valence-corrected chi connectivity index (χ1v) is 12.5. The van der Waals surface area contributed by atoms with Gasteiger partial charge in [-0.25, -0.2) is 4.98 Å². The van der Waals surface area contributed by atoms with Crippen LogP contribution in [0.2, 0.25) is 5.02 Å². The molecule has 1 aliphatic rings. The fourth-order valence-electron chi connectivity index (χ4n) is 4.04. The Morgan fingerprint density at radius 2 is 1.85 bits per heavy atom. The van der Waals surface area contributed by atoms with Gasteiger partial charge in [0.05, 0.1) is 23.0 Å². The fraction of sp³-hybridized carbons (Fsp3) is 0.480. The molecule has 0 aliphatic carbocycles. The molecule has 1 amide bonds. The minimum Gasteiger partial charge on any atom is -0.301 e. The molecule has 176 valence electrons. The number of halogens is 1. The Labute approximate surface area is 204 Å². The van der Waals surface area contributed by atoms with Crippen molar-refractivity contribution in [3.8, 4) is 0 Å². The molecule has 2 aromatic heterocycles. The highest BCUT2D eigenvalue weighted by molar-refractivity contribution is 7.14. The van der Waals surface area contributed by atoms with Crippen molar-refractivity contribution in [3.05, 3.63) is 63.9 Å². The minimum atomic E-state index is -0.350. The second-order valence-electron chi connectivity index (χ2n) is 10.7. The Balaban J connectivity index is 1.57. The van der Waals surface area contributed by atoms with E-state index in [1.165, 1.54) is 11.3 Å². The quantitative estimate of drug-likeness (QED) is 0.484. The first kappa shape index (κ1) is 23.9. The zero-order valence-electron chi connectivity index (χ0n) is 20.0. The molecule has 0 unspecified atom stereocenters. The van der Waals surface area contributed by atoms with Crippen molar-refractivity contribution in [2.24, 2.45) is 0 Å². The van der Waals surface area contributed by atoms with Crippen LogP contribution in [0, 0.1) is 0 Å². The highest BCUT2D eigenvalue weighted by Crippen LogP contribution is 2.40. The molecule has 0 radical (unpaired) electrons. The number of benzene rings is 1. The SMILES string of the molecule is CC(C)(C)c1csc(NC(=O)[C@@H]2C[C@@H](c3ccn(C(C)(C)C)n3)[C@H](c3ccc(Cl)cc3)N2)n1. The topological polar surface area (TPSA) is 71.8 Å². The van der Waals surface area contributed by atoms with Crippen LogP contribution in [-0.2, 0) is 15.7 Å². The van der Waals surface area contributed by atoms with Gasteiger partial charge in [-0.3, -0.25) is 14.8 Å². The summed E-state index contributed by atoms with van der Waals surface area (Å²) in [5.41, 5.74) is 2.90. The van der Waals surface area contributed by atoms with Crippen molar-refractivity contribution in [1.82, 2.24) is 20.1 Å². The van der Waals surface area contributed by atoms with Gasteiger partial charge in [0.2, 0.25) is 5.91 Å². The van der Waals surface area contributed by atoms with E-state index < -0.39 is 0 Å². The van der Waals surface area contributed by atoms with Crippen molar-refractivity contribution in [2.45, 2.75) is 76.9 Å². The van der Waals surface area contributed by atoms with Crippen LogP contribution in [0.15, 0.2) is 41.9 Å². The molecule has 6 nitrogen and oxygen atoms in total. The summed E-state index contributed by atoms with van der Waals surface area (Å²) in [5.74, 6) is -0.00603. The normalized spacial score (nSPS) is 21.4. The zero-order chi connectivity index (χ0) is 24.0. The maximum absolute atomic E-state index is 13.2. The molecule has 3 atom stereocenters. The minimum absolute atomic E-state index is 0.0391. The molecular weight excluding hydrogens is 454 g/mol. The van der Waals surface area contributed by atoms with Crippen molar-refractivity contribution < 1.29 is 4.79 Å². The molecule has 1 aliphatic heterocycles. The molecule has 0 bridgehead atoms. The van der Waals surface area contributed by atoms with E-state index in [4.69, 9.17) is 16.7 Å². The number of thiazole rings is 1. The molecule has 1 fully saturated rings. The van der Waals surface area contributed by atoms with Gasteiger partial charge in [0.25, 0.3) is 0 Å². The van der Waals surface area contributed by atoms with E-state index >= 15 is 0 Å². The molecule has 0 spiro atoms. The third-order valence-electron chi connectivity index (χ3n) is 6.00. The zero-order valence-corrected chi connectivity index (χ0v) is 21.6. The maximum atomic E-state index is 13.2. The molecule has 0 saturated carbocycles. The lowest BCUT2D eigenvalue weighted by molar-refractivity contribution is -0.117. The summed E-state index contributed by atoms with van der Waals surface area (Å²) >= 11 is 7.59. The van der Waals surface area contributed by atoms with E-state index in [-0.39, 0.29) is 34.9 Å². The lowest BCUT2D eigenvalue weighted by atomic mass is 9.90. The molecule has 2 N–H and O–H groups in total. The van der Waals surface area contributed by atoms with E-state index in [9.17, 15) is 4.79 Å². The molecule has 8 heteroatoms. The summed E-state index contributed by atoms with van der Waals surface area (Å²) in [6.45, 7) is 12.7. The van der Waals surface area contributed by atoms with Gasteiger partial charge in [-0.15, -0.1) is 11.3 Å². The van der Waals surface area contributed by atoms with Crippen molar-refractivity contribution in [3.63, 3.8) is 0 Å². The number of aromatic nitrogens is 3. The smallest absolute Gasteiger partial charge is 0.243 e. The predicted octanol–water partition coefficient (Wildman–Crippen LogP) is 5.87. The average molecular weight is 486 g/mol. The van der Waals surface area contributed by atoms with Crippen LogP contribution >= 0.6 is 22.9 Å². The summed E-state index contributed by atoms with van der Waals surface area (Å²) in [7, 11) is 0. The fourth-order valence-corrected chi connectivity index (χ4v) is 5.11. The Morgan fingerprint density at radius 1 is 1.15 bits per heavy atom. The number of anilines is 1. The van der Waals surface area contributed by atoms with Crippen molar-refractivity contribution >= 4 is 34.0 Å². The predicted molar refractivity (Wildman–Crippen MR) is 135 cm³/mol. The highest BCUT2D eigenvalue weighted by atomic mass is 35.5. The third kappa shape index (κ3) is 5.31. The summed E-state index contributed by atoms with van der Waals surface area (Å²) in [6.07, 6.45) is 2.67. The van der Waals surface area contributed by atoms with Crippen LogP contribution in [0.4, 0.5) is 5.13 Å². The molecule has 4 rings (SSSR count). The number of nitrogens with zero attached hydrogens (tertiary/aromatic N) is 3. The monoisotopic (exact) mass is 485 g/mol. The number of amides is 1. The van der Waals surface area contributed by atoms with E-state index in [2.05, 4.69) is 63.2 Å². The number of hydrogen-bond acceptors (Lipinski definition) is 5. The van der Waals surface area contributed by atoms with Gasteiger partial charge < -0.3 is 5.32 Å². The van der Waals surface area contributed by atoms with Crippen molar-refractivity contribution in [1.29, 1.82) is 0 Å². The van der Waals surface area contributed by atoms with Crippen LogP contribution in [0.1, 0.15) is 76.9 Å².